The third-order valence-corrected chi connectivity index (χ3v) is 6.15. The average Bonchev–Trinajstić information content (AvgIpc) is 2.99. The second-order valence-electron chi connectivity index (χ2n) is 6.73. The zero-order valence-corrected chi connectivity index (χ0v) is 16.0. The number of aryl methyl sites for hydroxylation is 3. The molecule has 1 amide bonds. The molecule has 0 aromatic carbocycles. The van der Waals surface area contributed by atoms with E-state index in [2.05, 4.69) is 16.9 Å². The van der Waals surface area contributed by atoms with Gasteiger partial charge in [-0.15, -0.1) is 11.3 Å². The third-order valence-electron chi connectivity index (χ3n) is 4.97. The monoisotopic (exact) mass is 361 g/mol. The van der Waals surface area contributed by atoms with E-state index >= 15 is 0 Å². The summed E-state index contributed by atoms with van der Waals surface area (Å²) in [6, 6.07) is 0. The van der Waals surface area contributed by atoms with Gasteiger partial charge in [-0.2, -0.15) is 0 Å². The van der Waals surface area contributed by atoms with Gasteiger partial charge in [-0.05, 0) is 44.6 Å². The summed E-state index contributed by atoms with van der Waals surface area (Å²) >= 11 is 1.66. The Morgan fingerprint density at radius 1 is 1.28 bits per heavy atom. The molecule has 5 nitrogen and oxygen atoms in total. The number of carbonyl (C=O) groups is 1. The Morgan fingerprint density at radius 3 is 2.84 bits per heavy atom. The molecule has 0 unspecified atom stereocenters. The lowest BCUT2D eigenvalue weighted by atomic mass is 9.97. The van der Waals surface area contributed by atoms with Gasteiger partial charge in [-0.25, -0.2) is 4.98 Å². The van der Waals surface area contributed by atoms with Crippen molar-refractivity contribution >= 4 is 27.5 Å². The fraction of sp³-hybridized carbons (Fsp3) is 0.632. The van der Waals surface area contributed by atoms with E-state index in [1.54, 1.807) is 11.3 Å². The van der Waals surface area contributed by atoms with Gasteiger partial charge in [0, 0.05) is 30.8 Å². The summed E-state index contributed by atoms with van der Waals surface area (Å²) in [4.78, 5) is 36.5. The maximum Gasteiger partial charge on any atom is 0.259 e. The first-order valence-corrected chi connectivity index (χ1v) is 10.3. The first kappa shape index (κ1) is 18.1. The van der Waals surface area contributed by atoms with E-state index < -0.39 is 0 Å². The number of thiophene rings is 1. The summed E-state index contributed by atoms with van der Waals surface area (Å²) < 4.78 is 0. The Bertz CT molecular complexity index is 809. The van der Waals surface area contributed by atoms with Crippen LogP contribution >= 0.6 is 11.3 Å². The minimum Gasteiger partial charge on any atom is -0.343 e. The number of amides is 1. The molecule has 1 aliphatic carbocycles. The number of aromatic nitrogens is 2. The van der Waals surface area contributed by atoms with Crippen LogP contribution in [-0.2, 0) is 24.1 Å². The molecule has 0 spiro atoms. The Balaban J connectivity index is 1.74. The molecule has 25 heavy (non-hydrogen) atoms. The van der Waals surface area contributed by atoms with E-state index in [1.165, 1.54) is 16.9 Å². The molecule has 136 valence electrons. The van der Waals surface area contributed by atoms with Gasteiger partial charge in [0.2, 0.25) is 5.91 Å². The highest BCUT2D eigenvalue weighted by atomic mass is 32.1. The standard InChI is InChI=1S/C19H27N3O2S/c1-3-5-12-22(4-2)16(23)11-10-15-20-18(24)17-13-8-6-7-9-14(13)25-19(17)21-15/h3-12H2,1-2H3,(H,20,21,24). The minimum atomic E-state index is -0.0369. The van der Waals surface area contributed by atoms with Crippen LogP contribution in [0.25, 0.3) is 10.2 Å². The molecule has 1 aliphatic rings. The molecule has 0 bridgehead atoms. The molecule has 3 rings (SSSR count). The van der Waals surface area contributed by atoms with Gasteiger partial charge in [0.05, 0.1) is 5.39 Å². The van der Waals surface area contributed by atoms with Crippen LogP contribution in [0.4, 0.5) is 0 Å². The Morgan fingerprint density at radius 2 is 2.08 bits per heavy atom. The molecule has 0 radical (unpaired) electrons. The van der Waals surface area contributed by atoms with Crippen LogP contribution in [0, 0.1) is 0 Å². The van der Waals surface area contributed by atoms with Crippen molar-refractivity contribution < 1.29 is 4.79 Å². The van der Waals surface area contributed by atoms with Crippen LogP contribution in [-0.4, -0.2) is 33.9 Å². The van der Waals surface area contributed by atoms with Crippen molar-refractivity contribution in [3.05, 3.63) is 26.6 Å². The molecule has 2 heterocycles. The largest absolute Gasteiger partial charge is 0.343 e. The summed E-state index contributed by atoms with van der Waals surface area (Å²) in [5.41, 5.74) is 1.17. The van der Waals surface area contributed by atoms with Crippen molar-refractivity contribution in [2.75, 3.05) is 13.1 Å². The minimum absolute atomic E-state index is 0.0369. The first-order chi connectivity index (χ1) is 12.1. The van der Waals surface area contributed by atoms with Crippen LogP contribution in [0.15, 0.2) is 4.79 Å². The van der Waals surface area contributed by atoms with E-state index in [0.717, 1.165) is 55.4 Å². The summed E-state index contributed by atoms with van der Waals surface area (Å²) in [5, 5.41) is 0.785. The topological polar surface area (TPSA) is 66.1 Å². The normalized spacial score (nSPS) is 13.8. The zero-order valence-electron chi connectivity index (χ0n) is 15.2. The van der Waals surface area contributed by atoms with Crippen molar-refractivity contribution in [3.63, 3.8) is 0 Å². The lowest BCUT2D eigenvalue weighted by Crippen LogP contribution is -2.32. The zero-order chi connectivity index (χ0) is 17.8. The van der Waals surface area contributed by atoms with E-state index in [0.29, 0.717) is 18.7 Å². The highest BCUT2D eigenvalue weighted by Crippen LogP contribution is 2.33. The summed E-state index contributed by atoms with van der Waals surface area (Å²) in [6.07, 6.45) is 7.40. The number of H-pyrrole nitrogens is 1. The number of aromatic amines is 1. The number of hydrogen-bond donors (Lipinski definition) is 1. The smallest absolute Gasteiger partial charge is 0.259 e. The molecule has 2 aromatic rings. The molecule has 0 saturated carbocycles. The van der Waals surface area contributed by atoms with E-state index in [1.807, 2.05) is 11.8 Å². The molecule has 2 aromatic heterocycles. The van der Waals surface area contributed by atoms with Gasteiger partial charge in [-0.1, -0.05) is 13.3 Å². The van der Waals surface area contributed by atoms with Gasteiger partial charge in [-0.3, -0.25) is 9.59 Å². The Kier molecular flexibility index (Phi) is 5.89. The number of carbonyl (C=O) groups excluding carboxylic acids is 1. The molecule has 6 heteroatoms. The number of nitrogens with one attached hydrogen (secondary N) is 1. The van der Waals surface area contributed by atoms with Crippen LogP contribution in [0.5, 0.6) is 0 Å². The van der Waals surface area contributed by atoms with Crippen LogP contribution in [0.3, 0.4) is 0 Å². The van der Waals surface area contributed by atoms with Gasteiger partial charge in [0.15, 0.2) is 0 Å². The average molecular weight is 362 g/mol. The SMILES string of the molecule is CCCCN(CC)C(=O)CCc1nc2sc3c(c2c(=O)[nH]1)CCCC3. The fourth-order valence-corrected chi connectivity index (χ4v) is 4.80. The summed E-state index contributed by atoms with van der Waals surface area (Å²) in [6.45, 7) is 5.69. The summed E-state index contributed by atoms with van der Waals surface area (Å²) in [5.74, 6) is 0.778. The van der Waals surface area contributed by atoms with Crippen LogP contribution in [0.2, 0.25) is 0 Å². The van der Waals surface area contributed by atoms with Gasteiger partial charge < -0.3 is 9.88 Å². The van der Waals surface area contributed by atoms with E-state index in [-0.39, 0.29) is 11.5 Å². The van der Waals surface area contributed by atoms with Crippen molar-refractivity contribution in [3.8, 4) is 0 Å². The first-order valence-electron chi connectivity index (χ1n) is 9.45. The maximum absolute atomic E-state index is 12.5. The van der Waals surface area contributed by atoms with E-state index in [9.17, 15) is 9.59 Å². The molecule has 0 atom stereocenters. The maximum atomic E-state index is 12.5. The highest BCUT2D eigenvalue weighted by Gasteiger charge is 2.20. The second kappa shape index (κ2) is 8.13. The van der Waals surface area contributed by atoms with Gasteiger partial charge in [0.1, 0.15) is 10.7 Å². The predicted octanol–water partition coefficient (Wildman–Crippen LogP) is 3.44. The molecule has 0 saturated heterocycles. The lowest BCUT2D eigenvalue weighted by molar-refractivity contribution is -0.131. The fourth-order valence-electron chi connectivity index (χ4n) is 3.52. The molecule has 1 N–H and O–H groups in total. The summed E-state index contributed by atoms with van der Waals surface area (Å²) in [7, 11) is 0. The molecule has 0 fully saturated rings. The predicted molar refractivity (Wildman–Crippen MR) is 102 cm³/mol. The number of fused-ring (bicyclic) bond motifs is 3. The van der Waals surface area contributed by atoms with Gasteiger partial charge >= 0.3 is 0 Å². The molecule has 0 aliphatic heterocycles. The number of hydrogen-bond acceptors (Lipinski definition) is 4. The quantitative estimate of drug-likeness (QED) is 0.821. The Labute approximate surface area is 152 Å². The van der Waals surface area contributed by atoms with Crippen molar-refractivity contribution in [2.45, 2.75) is 65.2 Å². The molecular weight excluding hydrogens is 334 g/mol. The van der Waals surface area contributed by atoms with Crippen LogP contribution < -0.4 is 5.56 Å². The van der Waals surface area contributed by atoms with Crippen molar-refractivity contribution in [1.82, 2.24) is 14.9 Å². The second-order valence-corrected chi connectivity index (χ2v) is 7.81. The molecular formula is C19H27N3O2S. The van der Waals surface area contributed by atoms with Crippen molar-refractivity contribution in [2.24, 2.45) is 0 Å². The number of nitrogens with zero attached hydrogens (tertiary/aromatic N) is 2. The third kappa shape index (κ3) is 3.94. The van der Waals surface area contributed by atoms with Gasteiger partial charge in [0.25, 0.3) is 5.56 Å². The lowest BCUT2D eigenvalue weighted by Gasteiger charge is -2.20. The van der Waals surface area contributed by atoms with Crippen molar-refractivity contribution in [1.29, 1.82) is 0 Å². The van der Waals surface area contributed by atoms with E-state index in [4.69, 9.17) is 0 Å². The van der Waals surface area contributed by atoms with Crippen LogP contribution in [0.1, 0.15) is 62.2 Å². The highest BCUT2D eigenvalue weighted by molar-refractivity contribution is 7.18. The number of unbranched alkanes of at least 4 members (excludes halogenated alkanes) is 1. The Hall–Kier alpha value is -1.69. The number of rotatable bonds is 7.